The first kappa shape index (κ1) is 23.9. The second-order valence-electron chi connectivity index (χ2n) is 7.97. The fourth-order valence-electron chi connectivity index (χ4n) is 3.73. The molecule has 5 nitrogen and oxygen atoms in total. The molecule has 0 saturated heterocycles. The molecule has 0 aliphatic carbocycles. The Morgan fingerprint density at radius 3 is 2.50 bits per heavy atom. The molecule has 32 heavy (non-hydrogen) atoms. The number of benzene rings is 2. The number of aromatic nitrogens is 2. The number of hydrogen-bond donors (Lipinski definition) is 1. The third-order valence-electron chi connectivity index (χ3n) is 5.25. The second-order valence-corrected chi connectivity index (χ2v) is 7.97. The highest BCUT2D eigenvalue weighted by Gasteiger charge is 2.23. The minimum atomic E-state index is -0.779. The van der Waals surface area contributed by atoms with Gasteiger partial charge in [-0.1, -0.05) is 38.5 Å². The fraction of sp³-hybridized carbons (Fsp3) is 0.400. The topological polar surface area (TPSA) is 50.5 Å². The van der Waals surface area contributed by atoms with Crippen molar-refractivity contribution in [3.05, 3.63) is 71.4 Å². The molecule has 0 amide bonds. The van der Waals surface area contributed by atoms with E-state index >= 15 is 0 Å². The normalized spacial score (nSPS) is 12.3. The van der Waals surface area contributed by atoms with Gasteiger partial charge in [0.2, 0.25) is 5.88 Å². The summed E-state index contributed by atoms with van der Waals surface area (Å²) in [5.74, 6) is -1.14. The minimum absolute atomic E-state index is 0.0715. The summed E-state index contributed by atoms with van der Waals surface area (Å²) in [5, 5.41) is 15.0. The number of aliphatic hydroxyl groups is 1. The summed E-state index contributed by atoms with van der Waals surface area (Å²) in [7, 11) is 0. The van der Waals surface area contributed by atoms with Gasteiger partial charge in [-0.15, -0.1) is 0 Å². The van der Waals surface area contributed by atoms with Gasteiger partial charge in [-0.05, 0) is 50.6 Å². The van der Waals surface area contributed by atoms with Crippen molar-refractivity contribution in [1.82, 2.24) is 14.7 Å². The molecule has 0 aliphatic rings. The number of aryl methyl sites for hydroxylation is 1. The van der Waals surface area contributed by atoms with Crippen LogP contribution in [0.5, 0.6) is 11.6 Å². The number of ether oxygens (including phenoxy) is 1. The molecule has 1 aromatic heterocycles. The average Bonchev–Trinajstić information content (AvgIpc) is 3.06. The monoisotopic (exact) mass is 443 g/mol. The summed E-state index contributed by atoms with van der Waals surface area (Å²) >= 11 is 0. The third kappa shape index (κ3) is 5.93. The highest BCUT2D eigenvalue weighted by Crippen LogP contribution is 2.33. The van der Waals surface area contributed by atoms with Gasteiger partial charge in [-0.3, -0.25) is 4.90 Å². The van der Waals surface area contributed by atoms with Crippen molar-refractivity contribution in [3.8, 4) is 17.3 Å². The molecule has 1 N–H and O–H groups in total. The SMILES string of the molecule is CCC[C@@H](O)CN(CCC)Cc1c(C)nn(-c2ccccc2)c1Oc1ccc(F)cc1F. The molecule has 172 valence electrons. The van der Waals surface area contributed by atoms with Gasteiger partial charge in [0.15, 0.2) is 11.6 Å². The van der Waals surface area contributed by atoms with Gasteiger partial charge >= 0.3 is 0 Å². The van der Waals surface area contributed by atoms with Gasteiger partial charge in [-0.25, -0.2) is 13.5 Å². The predicted octanol–water partition coefficient (Wildman–Crippen LogP) is 5.62. The third-order valence-corrected chi connectivity index (χ3v) is 5.25. The number of para-hydroxylation sites is 1. The van der Waals surface area contributed by atoms with E-state index in [1.54, 1.807) is 4.68 Å². The first-order chi connectivity index (χ1) is 15.4. The Kier molecular flexibility index (Phi) is 8.36. The number of aliphatic hydroxyl groups excluding tert-OH is 1. The molecule has 0 spiro atoms. The van der Waals surface area contributed by atoms with Crippen LogP contribution in [0.25, 0.3) is 5.69 Å². The van der Waals surface area contributed by atoms with Gasteiger partial charge in [-0.2, -0.15) is 5.10 Å². The van der Waals surface area contributed by atoms with Crippen LogP contribution >= 0.6 is 0 Å². The van der Waals surface area contributed by atoms with E-state index in [2.05, 4.69) is 16.9 Å². The van der Waals surface area contributed by atoms with Crippen LogP contribution in [0, 0.1) is 18.6 Å². The molecule has 1 heterocycles. The van der Waals surface area contributed by atoms with Crippen molar-refractivity contribution in [3.63, 3.8) is 0 Å². The maximum Gasteiger partial charge on any atom is 0.227 e. The first-order valence-electron chi connectivity index (χ1n) is 11.1. The number of rotatable bonds is 11. The van der Waals surface area contributed by atoms with Crippen molar-refractivity contribution >= 4 is 0 Å². The zero-order chi connectivity index (χ0) is 23.1. The van der Waals surface area contributed by atoms with Gasteiger partial charge in [0, 0.05) is 19.2 Å². The van der Waals surface area contributed by atoms with E-state index in [9.17, 15) is 13.9 Å². The molecule has 1 atom stereocenters. The van der Waals surface area contributed by atoms with Gasteiger partial charge in [0.1, 0.15) is 5.82 Å². The quantitative estimate of drug-likeness (QED) is 0.418. The maximum atomic E-state index is 14.4. The van der Waals surface area contributed by atoms with Gasteiger partial charge in [0.05, 0.1) is 23.0 Å². The lowest BCUT2D eigenvalue weighted by molar-refractivity contribution is 0.100. The largest absolute Gasteiger partial charge is 0.435 e. The summed E-state index contributed by atoms with van der Waals surface area (Å²) < 4.78 is 35.5. The van der Waals surface area contributed by atoms with E-state index in [1.807, 2.05) is 44.2 Å². The maximum absolute atomic E-state index is 14.4. The van der Waals surface area contributed by atoms with E-state index in [4.69, 9.17) is 4.74 Å². The Balaban J connectivity index is 2.01. The van der Waals surface area contributed by atoms with Crippen LogP contribution in [-0.2, 0) is 6.54 Å². The summed E-state index contributed by atoms with van der Waals surface area (Å²) in [6.45, 7) is 7.83. The van der Waals surface area contributed by atoms with Crippen LogP contribution < -0.4 is 4.74 Å². The Bertz CT molecular complexity index is 1010. The highest BCUT2D eigenvalue weighted by molar-refractivity contribution is 5.43. The van der Waals surface area contributed by atoms with Gasteiger partial charge in [0.25, 0.3) is 0 Å². The molecule has 0 saturated carbocycles. The zero-order valence-electron chi connectivity index (χ0n) is 18.9. The smallest absolute Gasteiger partial charge is 0.227 e. The lowest BCUT2D eigenvalue weighted by atomic mass is 10.1. The van der Waals surface area contributed by atoms with E-state index in [0.717, 1.165) is 48.8 Å². The summed E-state index contributed by atoms with van der Waals surface area (Å²) in [6, 6.07) is 12.7. The van der Waals surface area contributed by atoms with Crippen LogP contribution in [-0.4, -0.2) is 39.0 Å². The van der Waals surface area contributed by atoms with Crippen molar-refractivity contribution < 1.29 is 18.6 Å². The fourth-order valence-corrected chi connectivity index (χ4v) is 3.73. The van der Waals surface area contributed by atoms with Crippen LogP contribution in [0.15, 0.2) is 48.5 Å². The Labute approximate surface area is 188 Å². The van der Waals surface area contributed by atoms with Crippen LogP contribution in [0.2, 0.25) is 0 Å². The van der Waals surface area contributed by atoms with Crippen LogP contribution in [0.4, 0.5) is 8.78 Å². The highest BCUT2D eigenvalue weighted by atomic mass is 19.1. The standard InChI is InChI=1S/C25H31F2N3O2/c1-4-9-21(31)16-29(14-5-2)17-22-18(3)28-30(20-10-7-6-8-11-20)25(22)32-24-13-12-19(26)15-23(24)27/h6-8,10-13,15,21,31H,4-5,9,14,16-17H2,1-3H3/t21-/m1/s1. The Morgan fingerprint density at radius 2 is 1.84 bits per heavy atom. The molecule has 0 aliphatic heterocycles. The molecule has 0 fully saturated rings. The number of halogens is 2. The molecule has 0 unspecified atom stereocenters. The van der Waals surface area contributed by atoms with Crippen molar-refractivity contribution in [2.24, 2.45) is 0 Å². The zero-order valence-corrected chi connectivity index (χ0v) is 18.9. The summed E-state index contributed by atoms with van der Waals surface area (Å²) in [6.07, 6.45) is 2.14. The van der Waals surface area contributed by atoms with Crippen LogP contribution in [0.1, 0.15) is 44.4 Å². The lowest BCUT2D eigenvalue weighted by Crippen LogP contribution is -2.33. The van der Waals surface area contributed by atoms with E-state index in [1.165, 1.54) is 12.1 Å². The van der Waals surface area contributed by atoms with Crippen molar-refractivity contribution in [2.75, 3.05) is 13.1 Å². The van der Waals surface area contributed by atoms with Crippen molar-refractivity contribution in [1.29, 1.82) is 0 Å². The second kappa shape index (κ2) is 11.2. The van der Waals surface area contributed by atoms with E-state index in [0.29, 0.717) is 19.0 Å². The molecule has 3 rings (SSSR count). The summed E-state index contributed by atoms with van der Waals surface area (Å²) in [5.41, 5.74) is 2.32. The van der Waals surface area contributed by atoms with E-state index < -0.39 is 17.7 Å². The molecular formula is C25H31F2N3O2. The van der Waals surface area contributed by atoms with E-state index in [-0.39, 0.29) is 5.75 Å². The lowest BCUT2D eigenvalue weighted by Gasteiger charge is -2.25. The molecule has 3 aromatic rings. The Hall–Kier alpha value is -2.77. The first-order valence-corrected chi connectivity index (χ1v) is 11.1. The Morgan fingerprint density at radius 1 is 1.09 bits per heavy atom. The summed E-state index contributed by atoms with van der Waals surface area (Å²) in [4.78, 5) is 2.16. The number of nitrogens with zero attached hydrogens (tertiary/aromatic N) is 3. The van der Waals surface area contributed by atoms with Crippen LogP contribution in [0.3, 0.4) is 0 Å². The number of hydrogen-bond acceptors (Lipinski definition) is 4. The minimum Gasteiger partial charge on any atom is -0.435 e. The molecule has 2 aromatic carbocycles. The molecular weight excluding hydrogens is 412 g/mol. The van der Waals surface area contributed by atoms with Crippen molar-refractivity contribution in [2.45, 2.75) is 52.7 Å². The van der Waals surface area contributed by atoms with Gasteiger partial charge < -0.3 is 9.84 Å². The molecule has 0 bridgehead atoms. The molecule has 7 heteroatoms. The predicted molar refractivity (Wildman–Crippen MR) is 121 cm³/mol. The average molecular weight is 444 g/mol. The molecule has 0 radical (unpaired) electrons.